The van der Waals surface area contributed by atoms with E-state index in [1.54, 1.807) is 18.3 Å². The van der Waals surface area contributed by atoms with Crippen LogP contribution in [0.3, 0.4) is 0 Å². The van der Waals surface area contributed by atoms with Crippen LogP contribution >= 0.6 is 0 Å². The Hall–Kier alpha value is -5.08. The molecule has 0 fully saturated rings. The summed E-state index contributed by atoms with van der Waals surface area (Å²) >= 11 is 0. The van der Waals surface area contributed by atoms with Gasteiger partial charge in [-0.2, -0.15) is 9.97 Å². The molecular formula is C25H29N9O6. The van der Waals surface area contributed by atoms with Gasteiger partial charge in [-0.1, -0.05) is 0 Å². The highest BCUT2D eigenvalue weighted by atomic mass is 16.4. The normalized spacial score (nSPS) is 13.1. The summed E-state index contributed by atoms with van der Waals surface area (Å²) in [7, 11) is 0. The van der Waals surface area contributed by atoms with E-state index in [9.17, 15) is 24.3 Å². The minimum atomic E-state index is -1.19. The third-order valence-corrected chi connectivity index (χ3v) is 6.35. The topological polar surface area (TPSA) is 240 Å². The van der Waals surface area contributed by atoms with Gasteiger partial charge in [-0.05, 0) is 43.0 Å². The van der Waals surface area contributed by atoms with E-state index < -0.39 is 29.8 Å². The molecule has 1 aromatic carbocycles. The number of carbonyl (C=O) groups excluding carboxylic acids is 2. The first-order valence-corrected chi connectivity index (χ1v) is 12.6. The molecule has 0 spiro atoms. The lowest BCUT2D eigenvalue weighted by molar-refractivity contribution is -0.140. The molecule has 0 saturated heterocycles. The summed E-state index contributed by atoms with van der Waals surface area (Å²) in [5, 5.41) is 23.2. The maximum atomic E-state index is 12.8. The number of hydrogen-bond acceptors (Lipinski definition) is 11. The second-order valence-corrected chi connectivity index (χ2v) is 9.27. The van der Waals surface area contributed by atoms with Crippen LogP contribution in [0.2, 0.25) is 0 Å². The minimum absolute atomic E-state index is 0.0218. The van der Waals surface area contributed by atoms with Crippen LogP contribution in [-0.4, -0.2) is 73.0 Å². The molecule has 3 heterocycles. The van der Waals surface area contributed by atoms with Crippen LogP contribution in [0.5, 0.6) is 0 Å². The first kappa shape index (κ1) is 27.9. The van der Waals surface area contributed by atoms with E-state index >= 15 is 0 Å². The zero-order valence-electron chi connectivity index (χ0n) is 21.5. The van der Waals surface area contributed by atoms with Crippen LogP contribution in [0, 0.1) is 0 Å². The largest absolute Gasteiger partial charge is 0.481 e. The Bertz CT molecular complexity index is 1460. The quantitative estimate of drug-likeness (QED) is 0.164. The number of carbonyl (C=O) groups is 4. The van der Waals surface area contributed by atoms with Gasteiger partial charge in [0.25, 0.3) is 5.91 Å². The average molecular weight is 552 g/mol. The van der Waals surface area contributed by atoms with Crippen LogP contribution in [0.25, 0.3) is 11.2 Å². The van der Waals surface area contributed by atoms with Crippen molar-refractivity contribution in [2.45, 2.75) is 44.7 Å². The number of carboxylic acids is 2. The van der Waals surface area contributed by atoms with Crippen LogP contribution in [-0.2, 0) is 27.3 Å². The Morgan fingerprint density at radius 2 is 1.88 bits per heavy atom. The molecule has 2 amide bonds. The van der Waals surface area contributed by atoms with Gasteiger partial charge < -0.3 is 37.2 Å². The van der Waals surface area contributed by atoms with E-state index in [0.29, 0.717) is 41.9 Å². The molecule has 0 radical (unpaired) electrons. The summed E-state index contributed by atoms with van der Waals surface area (Å²) in [6.07, 6.45) is 2.23. The van der Waals surface area contributed by atoms with Gasteiger partial charge in [0.2, 0.25) is 11.9 Å². The van der Waals surface area contributed by atoms with Crippen molar-refractivity contribution in [1.82, 2.24) is 30.6 Å². The smallest absolute Gasteiger partial charge is 0.326 e. The molecule has 2 aromatic heterocycles. The van der Waals surface area contributed by atoms with Crippen molar-refractivity contribution in [3.63, 3.8) is 0 Å². The lowest BCUT2D eigenvalue weighted by atomic mass is 10.1. The van der Waals surface area contributed by atoms with Crippen molar-refractivity contribution in [3.8, 4) is 0 Å². The van der Waals surface area contributed by atoms with E-state index in [1.165, 1.54) is 0 Å². The van der Waals surface area contributed by atoms with Crippen molar-refractivity contribution < 1.29 is 29.4 Å². The third-order valence-electron chi connectivity index (χ3n) is 6.35. The number of benzene rings is 1. The summed E-state index contributed by atoms with van der Waals surface area (Å²) in [4.78, 5) is 65.5. The molecule has 1 unspecified atom stereocenters. The van der Waals surface area contributed by atoms with E-state index in [-0.39, 0.29) is 44.0 Å². The number of nitrogens with zero attached hydrogens (tertiary/aromatic N) is 5. The molecule has 0 aliphatic carbocycles. The standard InChI is InChI=1S/C25H29N9O6/c26-21-20-22(33-25(27)32-21)29-11-15(30-20)12-34-9-7-13-10-14(3-4-17(13)34)23(38)31-16(24(39)40)2-1-8-28-18(35)5-6-19(36)37/h3-4,10-11,16H,1-2,5-9,12H2,(H,28,35)(H,31,38)(H,36,37)(H,39,40)(H4,26,27,29,32,33). The number of amides is 2. The predicted octanol–water partition coefficient (Wildman–Crippen LogP) is 0.0911. The molecule has 1 aliphatic rings. The molecule has 1 atom stereocenters. The monoisotopic (exact) mass is 551 g/mol. The van der Waals surface area contributed by atoms with Gasteiger partial charge in [-0.15, -0.1) is 0 Å². The van der Waals surface area contributed by atoms with Crippen LogP contribution in [0.1, 0.15) is 47.3 Å². The van der Waals surface area contributed by atoms with Gasteiger partial charge in [0.1, 0.15) is 6.04 Å². The Labute approximate surface area is 228 Å². The zero-order valence-corrected chi connectivity index (χ0v) is 21.5. The van der Waals surface area contributed by atoms with Gasteiger partial charge in [0.15, 0.2) is 17.0 Å². The molecule has 1 aliphatic heterocycles. The Balaban J connectivity index is 1.34. The van der Waals surface area contributed by atoms with Crippen molar-refractivity contribution in [2.24, 2.45) is 0 Å². The van der Waals surface area contributed by atoms with Crippen LogP contribution in [0.15, 0.2) is 24.4 Å². The number of aliphatic carboxylic acids is 2. The maximum absolute atomic E-state index is 12.8. The first-order chi connectivity index (χ1) is 19.1. The fourth-order valence-corrected chi connectivity index (χ4v) is 4.37. The van der Waals surface area contributed by atoms with Crippen molar-refractivity contribution in [1.29, 1.82) is 0 Å². The minimum Gasteiger partial charge on any atom is -0.481 e. The zero-order chi connectivity index (χ0) is 28.8. The Morgan fingerprint density at radius 1 is 1.07 bits per heavy atom. The van der Waals surface area contributed by atoms with Gasteiger partial charge in [-0.25, -0.2) is 14.8 Å². The van der Waals surface area contributed by atoms with Crippen molar-refractivity contribution in [2.75, 3.05) is 29.5 Å². The molecule has 40 heavy (non-hydrogen) atoms. The Kier molecular flexibility index (Phi) is 8.51. The molecule has 15 nitrogen and oxygen atoms in total. The van der Waals surface area contributed by atoms with Gasteiger partial charge >= 0.3 is 11.9 Å². The molecule has 0 saturated carbocycles. The van der Waals surface area contributed by atoms with Crippen molar-refractivity contribution >= 4 is 52.4 Å². The number of rotatable bonds is 12. The summed E-state index contributed by atoms with van der Waals surface area (Å²) in [5.74, 6) is -3.04. The number of nitrogens with two attached hydrogens (primary N) is 2. The number of anilines is 3. The first-order valence-electron chi connectivity index (χ1n) is 12.6. The number of hydrogen-bond donors (Lipinski definition) is 6. The Morgan fingerprint density at radius 3 is 2.62 bits per heavy atom. The lowest BCUT2D eigenvalue weighted by Gasteiger charge is -2.19. The van der Waals surface area contributed by atoms with E-state index in [2.05, 4.69) is 35.5 Å². The highest BCUT2D eigenvalue weighted by molar-refractivity contribution is 5.97. The van der Waals surface area contributed by atoms with Crippen LogP contribution < -0.4 is 27.0 Å². The maximum Gasteiger partial charge on any atom is 0.326 e. The highest BCUT2D eigenvalue weighted by Gasteiger charge is 2.24. The summed E-state index contributed by atoms with van der Waals surface area (Å²) in [5.41, 5.74) is 15.1. The van der Waals surface area contributed by atoms with Gasteiger partial charge in [0, 0.05) is 30.8 Å². The highest BCUT2D eigenvalue weighted by Crippen LogP contribution is 2.30. The van der Waals surface area contributed by atoms with Crippen molar-refractivity contribution in [3.05, 3.63) is 41.2 Å². The molecule has 15 heteroatoms. The number of aromatic nitrogens is 4. The fourth-order valence-electron chi connectivity index (χ4n) is 4.37. The lowest BCUT2D eigenvalue weighted by Crippen LogP contribution is -2.41. The molecule has 3 aromatic rings. The average Bonchev–Trinajstić information content (AvgIpc) is 3.31. The number of nitrogens with one attached hydrogen (secondary N) is 2. The fraction of sp³-hybridized carbons (Fsp3) is 0.360. The number of carboxylic acid groups (broad SMARTS) is 2. The van der Waals surface area contributed by atoms with Gasteiger partial charge in [0.05, 0.1) is 24.9 Å². The number of nitrogen functional groups attached to an aromatic ring is 2. The van der Waals surface area contributed by atoms with Gasteiger partial charge in [-0.3, -0.25) is 14.4 Å². The van der Waals surface area contributed by atoms with E-state index in [4.69, 9.17) is 16.6 Å². The number of fused-ring (bicyclic) bond motifs is 2. The summed E-state index contributed by atoms with van der Waals surface area (Å²) in [6.45, 7) is 1.30. The predicted molar refractivity (Wildman–Crippen MR) is 143 cm³/mol. The van der Waals surface area contributed by atoms with E-state index in [1.807, 2.05) is 6.07 Å². The molecule has 4 rings (SSSR count). The van der Waals surface area contributed by atoms with Crippen LogP contribution in [0.4, 0.5) is 17.5 Å². The molecule has 210 valence electrons. The second-order valence-electron chi connectivity index (χ2n) is 9.27. The second kappa shape index (κ2) is 12.2. The summed E-state index contributed by atoms with van der Waals surface area (Å²) in [6, 6.07) is 4.04. The molecule has 0 bridgehead atoms. The molecule has 8 N–H and O–H groups in total. The van der Waals surface area contributed by atoms with E-state index in [0.717, 1.165) is 11.3 Å². The SMILES string of the molecule is Nc1nc(N)c2nc(CN3CCc4cc(C(=O)NC(CCCNC(=O)CCC(=O)O)C(=O)O)ccc43)cnc2n1. The third kappa shape index (κ3) is 6.86. The molecular weight excluding hydrogens is 522 g/mol. The summed E-state index contributed by atoms with van der Waals surface area (Å²) < 4.78 is 0.